The molecule has 158 valence electrons. The predicted octanol–water partition coefficient (Wildman–Crippen LogP) is 6.23. The van der Waals surface area contributed by atoms with E-state index in [2.05, 4.69) is 9.97 Å². The molecule has 2 aromatic carbocycles. The lowest BCUT2D eigenvalue weighted by atomic mass is 10.2. The summed E-state index contributed by atoms with van der Waals surface area (Å²) in [5.41, 5.74) is -0.314. The summed E-state index contributed by atoms with van der Waals surface area (Å²) in [6.07, 6.45) is -3.86. The number of ether oxygens (including phenoxy) is 2. The van der Waals surface area contributed by atoms with Crippen molar-refractivity contribution in [1.82, 2.24) is 9.97 Å². The van der Waals surface area contributed by atoms with Gasteiger partial charge in [-0.25, -0.2) is 4.98 Å². The number of anilines is 2. The van der Waals surface area contributed by atoms with Crippen molar-refractivity contribution in [3.8, 4) is 17.4 Å². The normalized spacial score (nSPS) is 11.4. The summed E-state index contributed by atoms with van der Waals surface area (Å²) in [5.74, 6) is 0.517. The molecule has 0 amide bonds. The Morgan fingerprint density at radius 1 is 0.967 bits per heavy atom. The molecule has 0 N–H and O–H groups in total. The molecular formula is C22H22F3N3O2. The Bertz CT molecular complexity index is 962. The van der Waals surface area contributed by atoms with E-state index in [1.165, 1.54) is 0 Å². The molecule has 0 spiro atoms. The molecule has 0 atom stereocenters. The van der Waals surface area contributed by atoms with Gasteiger partial charge < -0.3 is 14.4 Å². The lowest BCUT2D eigenvalue weighted by Gasteiger charge is -2.23. The minimum Gasteiger partial charge on any atom is -0.491 e. The molecule has 0 bridgehead atoms. The fourth-order valence-corrected chi connectivity index (χ4v) is 2.78. The van der Waals surface area contributed by atoms with E-state index in [1.54, 1.807) is 59.5 Å². The molecule has 1 heterocycles. The molecule has 0 saturated carbocycles. The van der Waals surface area contributed by atoms with Crippen LogP contribution in [0.4, 0.5) is 24.8 Å². The summed E-state index contributed by atoms with van der Waals surface area (Å²) in [5, 5.41) is 0. The number of aromatic nitrogens is 2. The Balaban J connectivity index is 1.96. The quantitative estimate of drug-likeness (QED) is 0.456. The lowest BCUT2D eigenvalue weighted by Crippen LogP contribution is -2.20. The Labute approximate surface area is 173 Å². The average molecular weight is 417 g/mol. The summed E-state index contributed by atoms with van der Waals surface area (Å²) < 4.78 is 51.4. The number of alkyl halides is 3. The zero-order valence-corrected chi connectivity index (χ0v) is 16.8. The maximum Gasteiger partial charge on any atom is 0.423 e. The number of rotatable bonds is 7. The van der Waals surface area contributed by atoms with E-state index < -0.39 is 17.6 Å². The third-order valence-corrected chi connectivity index (χ3v) is 4.08. The van der Waals surface area contributed by atoms with Crippen LogP contribution in [0.2, 0.25) is 0 Å². The fraction of sp³-hybridized carbons (Fsp3) is 0.273. The van der Waals surface area contributed by atoms with Gasteiger partial charge in [0.1, 0.15) is 17.1 Å². The van der Waals surface area contributed by atoms with Crippen LogP contribution in [0.3, 0.4) is 0 Å². The first-order valence-corrected chi connectivity index (χ1v) is 9.49. The maximum absolute atomic E-state index is 13.4. The molecule has 0 fully saturated rings. The number of benzene rings is 2. The standard InChI is InChI=1S/C22H22F3N3O2/c1-4-28(16-10-12-18(13-11-16)29-15(2)3)21-26-14-19(22(23,24)25)20(27-21)30-17-8-6-5-7-9-17/h5-15H,4H2,1-3H3. The minimum absolute atomic E-state index is 0.0362. The molecule has 1 aromatic heterocycles. The van der Waals surface area contributed by atoms with Crippen LogP contribution in [0, 0.1) is 0 Å². The molecule has 0 saturated heterocycles. The van der Waals surface area contributed by atoms with Gasteiger partial charge in [-0.3, -0.25) is 0 Å². The van der Waals surface area contributed by atoms with E-state index in [0.717, 1.165) is 11.9 Å². The van der Waals surface area contributed by atoms with Crippen LogP contribution in [-0.2, 0) is 6.18 Å². The maximum atomic E-state index is 13.4. The van der Waals surface area contributed by atoms with Gasteiger partial charge in [0.2, 0.25) is 11.8 Å². The number of para-hydroxylation sites is 1. The topological polar surface area (TPSA) is 47.5 Å². The molecule has 5 nitrogen and oxygen atoms in total. The van der Waals surface area contributed by atoms with Gasteiger partial charge in [0, 0.05) is 18.4 Å². The van der Waals surface area contributed by atoms with Gasteiger partial charge in [0.25, 0.3) is 0 Å². The second-order valence-corrected chi connectivity index (χ2v) is 6.71. The molecule has 0 radical (unpaired) electrons. The van der Waals surface area contributed by atoms with Gasteiger partial charge >= 0.3 is 6.18 Å². The van der Waals surface area contributed by atoms with Crippen LogP contribution in [0.15, 0.2) is 60.8 Å². The van der Waals surface area contributed by atoms with Gasteiger partial charge in [-0.2, -0.15) is 18.2 Å². The van der Waals surface area contributed by atoms with Crippen molar-refractivity contribution in [3.63, 3.8) is 0 Å². The van der Waals surface area contributed by atoms with Crippen molar-refractivity contribution >= 4 is 11.6 Å². The van der Waals surface area contributed by atoms with Gasteiger partial charge in [0.05, 0.1) is 6.10 Å². The van der Waals surface area contributed by atoms with Crippen molar-refractivity contribution in [2.45, 2.75) is 33.1 Å². The van der Waals surface area contributed by atoms with Crippen LogP contribution in [0.25, 0.3) is 0 Å². The second kappa shape index (κ2) is 9.02. The monoisotopic (exact) mass is 417 g/mol. The molecule has 30 heavy (non-hydrogen) atoms. The van der Waals surface area contributed by atoms with Crippen LogP contribution < -0.4 is 14.4 Å². The first-order valence-electron chi connectivity index (χ1n) is 9.49. The van der Waals surface area contributed by atoms with E-state index in [9.17, 15) is 13.2 Å². The summed E-state index contributed by atoms with van der Waals surface area (Å²) in [6, 6.07) is 15.4. The van der Waals surface area contributed by atoms with Crippen LogP contribution in [0.1, 0.15) is 26.3 Å². The van der Waals surface area contributed by atoms with Gasteiger partial charge in [-0.1, -0.05) is 18.2 Å². The highest BCUT2D eigenvalue weighted by Crippen LogP contribution is 2.38. The van der Waals surface area contributed by atoms with Crippen LogP contribution in [-0.4, -0.2) is 22.6 Å². The van der Waals surface area contributed by atoms with Crippen molar-refractivity contribution < 1.29 is 22.6 Å². The number of nitrogens with zero attached hydrogens (tertiary/aromatic N) is 3. The van der Waals surface area contributed by atoms with E-state index >= 15 is 0 Å². The van der Waals surface area contributed by atoms with E-state index in [1.807, 2.05) is 20.8 Å². The van der Waals surface area contributed by atoms with Crippen molar-refractivity contribution in [2.24, 2.45) is 0 Å². The first kappa shape index (κ1) is 21.4. The van der Waals surface area contributed by atoms with Crippen LogP contribution >= 0.6 is 0 Å². The Morgan fingerprint density at radius 2 is 1.63 bits per heavy atom. The first-order chi connectivity index (χ1) is 14.3. The molecule has 0 aliphatic carbocycles. The fourth-order valence-electron chi connectivity index (χ4n) is 2.78. The third kappa shape index (κ3) is 5.20. The summed E-state index contributed by atoms with van der Waals surface area (Å²) in [6.45, 7) is 6.16. The SMILES string of the molecule is CCN(c1ccc(OC(C)C)cc1)c1ncc(C(F)(F)F)c(Oc2ccccc2)n1. The number of halogens is 3. The van der Waals surface area contributed by atoms with Crippen molar-refractivity contribution in [1.29, 1.82) is 0 Å². The number of hydrogen-bond donors (Lipinski definition) is 0. The minimum atomic E-state index is -4.64. The zero-order valence-electron chi connectivity index (χ0n) is 16.8. The smallest absolute Gasteiger partial charge is 0.423 e. The summed E-state index contributed by atoms with van der Waals surface area (Å²) in [4.78, 5) is 9.74. The van der Waals surface area contributed by atoms with Gasteiger partial charge in [-0.15, -0.1) is 0 Å². The Morgan fingerprint density at radius 3 is 2.20 bits per heavy atom. The lowest BCUT2D eigenvalue weighted by molar-refractivity contribution is -0.139. The molecule has 3 rings (SSSR count). The molecule has 0 unspecified atom stereocenters. The Hall–Kier alpha value is -3.29. The number of hydrogen-bond acceptors (Lipinski definition) is 5. The molecule has 3 aromatic rings. The molecule has 0 aliphatic heterocycles. The highest BCUT2D eigenvalue weighted by Gasteiger charge is 2.37. The van der Waals surface area contributed by atoms with Gasteiger partial charge in [0.15, 0.2) is 0 Å². The Kier molecular flexibility index (Phi) is 6.44. The largest absolute Gasteiger partial charge is 0.491 e. The van der Waals surface area contributed by atoms with Crippen molar-refractivity contribution in [3.05, 3.63) is 66.4 Å². The highest BCUT2D eigenvalue weighted by molar-refractivity contribution is 5.59. The molecular weight excluding hydrogens is 395 g/mol. The highest BCUT2D eigenvalue weighted by atomic mass is 19.4. The van der Waals surface area contributed by atoms with Crippen molar-refractivity contribution in [2.75, 3.05) is 11.4 Å². The van der Waals surface area contributed by atoms with Gasteiger partial charge in [-0.05, 0) is 57.2 Å². The van der Waals surface area contributed by atoms with E-state index in [4.69, 9.17) is 9.47 Å². The molecule has 8 heteroatoms. The predicted molar refractivity (Wildman–Crippen MR) is 108 cm³/mol. The summed E-state index contributed by atoms with van der Waals surface area (Å²) >= 11 is 0. The second-order valence-electron chi connectivity index (χ2n) is 6.71. The van der Waals surface area contributed by atoms with E-state index in [-0.39, 0.29) is 17.8 Å². The molecule has 0 aliphatic rings. The van der Waals surface area contributed by atoms with Crippen LogP contribution in [0.5, 0.6) is 17.4 Å². The zero-order chi connectivity index (χ0) is 21.7. The van der Waals surface area contributed by atoms with E-state index in [0.29, 0.717) is 12.3 Å². The third-order valence-electron chi connectivity index (χ3n) is 4.08. The summed E-state index contributed by atoms with van der Waals surface area (Å²) in [7, 11) is 0. The average Bonchev–Trinajstić information content (AvgIpc) is 2.69.